The summed E-state index contributed by atoms with van der Waals surface area (Å²) in [6, 6.07) is 0. The molecule has 0 atom stereocenters. The Balaban J connectivity index is 0.000000539. The van der Waals surface area contributed by atoms with Gasteiger partial charge in [0.15, 0.2) is 12.5 Å². The van der Waals surface area contributed by atoms with Gasteiger partial charge in [-0.3, -0.25) is 4.79 Å². The minimum absolute atomic E-state index is 0.0116. The predicted octanol–water partition coefficient (Wildman–Crippen LogP) is 4.51. The average Bonchev–Trinajstić information content (AvgIpc) is 3.11. The molecule has 0 bridgehead atoms. The van der Waals surface area contributed by atoms with E-state index >= 15 is 0 Å². The van der Waals surface area contributed by atoms with Crippen LogP contribution in [0.1, 0.15) is 58.2 Å². The molecule has 0 aliphatic carbocycles. The maximum absolute atomic E-state index is 11.7. The first-order chi connectivity index (χ1) is 14.5. The molecule has 1 amide bonds. The molecule has 168 valence electrons. The molecule has 1 aliphatic rings. The number of hydrogen-bond donors (Lipinski definition) is 1. The van der Waals surface area contributed by atoms with Gasteiger partial charge in [-0.1, -0.05) is 39.2 Å². The molecular formula is C23H37N3O4. The summed E-state index contributed by atoms with van der Waals surface area (Å²) < 4.78 is 18.4. The molecule has 0 fully saturated rings. The summed E-state index contributed by atoms with van der Waals surface area (Å²) in [6.45, 7) is 10.9. The summed E-state index contributed by atoms with van der Waals surface area (Å²) >= 11 is 0. The summed E-state index contributed by atoms with van der Waals surface area (Å²) in [5, 5.41) is 2.75. The average molecular weight is 420 g/mol. The van der Waals surface area contributed by atoms with Crippen molar-refractivity contribution in [3.63, 3.8) is 0 Å². The second kappa shape index (κ2) is 15.2. The number of aryl methyl sites for hydroxylation is 2. The van der Waals surface area contributed by atoms with Crippen LogP contribution in [-0.4, -0.2) is 35.4 Å². The Bertz CT molecular complexity index is 691. The van der Waals surface area contributed by atoms with E-state index in [4.69, 9.17) is 14.2 Å². The Morgan fingerprint density at radius 1 is 1.27 bits per heavy atom. The van der Waals surface area contributed by atoms with E-state index in [9.17, 15) is 4.79 Å². The monoisotopic (exact) mass is 419 g/mol. The van der Waals surface area contributed by atoms with Gasteiger partial charge in [-0.05, 0) is 26.3 Å². The molecule has 7 nitrogen and oxygen atoms in total. The SMILES string of the molecule is C=C/C(=C\C1=C(C)OCCO1)OCNC(=O)CCCCCCC.Cc1nccn1C. The van der Waals surface area contributed by atoms with E-state index in [1.807, 2.05) is 31.7 Å². The predicted molar refractivity (Wildman–Crippen MR) is 118 cm³/mol. The van der Waals surface area contributed by atoms with Crippen LogP contribution in [0.15, 0.2) is 48.4 Å². The first kappa shape index (κ1) is 25.3. The van der Waals surface area contributed by atoms with Crippen LogP contribution in [0.5, 0.6) is 0 Å². The first-order valence-corrected chi connectivity index (χ1v) is 10.6. The van der Waals surface area contributed by atoms with Crippen LogP contribution in [0.25, 0.3) is 0 Å². The number of allylic oxidation sites excluding steroid dienone is 3. The van der Waals surface area contributed by atoms with Crippen LogP contribution >= 0.6 is 0 Å². The minimum Gasteiger partial charge on any atom is -0.491 e. The molecule has 30 heavy (non-hydrogen) atoms. The number of unbranched alkanes of at least 4 members (excludes halogenated alkanes) is 4. The molecular weight excluding hydrogens is 382 g/mol. The summed E-state index contributed by atoms with van der Waals surface area (Å²) in [7, 11) is 1.97. The summed E-state index contributed by atoms with van der Waals surface area (Å²) in [5.74, 6) is 2.95. The largest absolute Gasteiger partial charge is 0.491 e. The van der Waals surface area contributed by atoms with E-state index < -0.39 is 0 Å². The van der Waals surface area contributed by atoms with Crippen molar-refractivity contribution in [1.29, 1.82) is 0 Å². The third-order valence-electron chi connectivity index (χ3n) is 4.56. The third kappa shape index (κ3) is 10.7. The molecule has 0 radical (unpaired) electrons. The van der Waals surface area contributed by atoms with Crippen molar-refractivity contribution in [2.24, 2.45) is 7.05 Å². The molecule has 1 aromatic heterocycles. The molecule has 0 saturated heterocycles. The van der Waals surface area contributed by atoms with Crippen LogP contribution in [0.3, 0.4) is 0 Å². The first-order valence-electron chi connectivity index (χ1n) is 10.6. The van der Waals surface area contributed by atoms with Crippen LogP contribution in [0.2, 0.25) is 0 Å². The van der Waals surface area contributed by atoms with Gasteiger partial charge >= 0.3 is 0 Å². The van der Waals surface area contributed by atoms with Crippen molar-refractivity contribution >= 4 is 5.91 Å². The van der Waals surface area contributed by atoms with Gasteiger partial charge in [0, 0.05) is 31.9 Å². The molecule has 2 rings (SSSR count). The minimum atomic E-state index is 0.0116. The number of imidazole rings is 1. The highest BCUT2D eigenvalue weighted by Gasteiger charge is 2.10. The van der Waals surface area contributed by atoms with Crippen molar-refractivity contribution in [2.75, 3.05) is 19.9 Å². The fraction of sp³-hybridized carbons (Fsp3) is 0.565. The van der Waals surface area contributed by atoms with E-state index in [-0.39, 0.29) is 12.6 Å². The van der Waals surface area contributed by atoms with Gasteiger partial charge in [0.05, 0.1) is 0 Å². The topological polar surface area (TPSA) is 74.6 Å². The van der Waals surface area contributed by atoms with E-state index in [1.165, 1.54) is 19.3 Å². The molecule has 0 spiro atoms. The molecule has 0 unspecified atom stereocenters. The fourth-order valence-corrected chi connectivity index (χ4v) is 2.57. The van der Waals surface area contributed by atoms with Crippen LogP contribution < -0.4 is 5.32 Å². The number of carbonyl (C=O) groups excluding carboxylic acids is 1. The lowest BCUT2D eigenvalue weighted by molar-refractivity contribution is -0.122. The number of nitrogens with one attached hydrogen (secondary N) is 1. The molecule has 7 heteroatoms. The zero-order chi connectivity index (χ0) is 22.2. The highest BCUT2D eigenvalue weighted by atomic mass is 16.6. The Kier molecular flexibility index (Phi) is 12.8. The molecule has 1 aromatic rings. The summed E-state index contributed by atoms with van der Waals surface area (Å²) in [4.78, 5) is 15.7. The van der Waals surface area contributed by atoms with Crippen LogP contribution in [0.4, 0.5) is 0 Å². The number of carbonyl (C=O) groups is 1. The Morgan fingerprint density at radius 2 is 2.00 bits per heavy atom. The van der Waals surface area contributed by atoms with Gasteiger partial charge in [0.1, 0.15) is 30.6 Å². The van der Waals surface area contributed by atoms with Gasteiger partial charge in [-0.15, -0.1) is 0 Å². The van der Waals surface area contributed by atoms with Crippen molar-refractivity contribution in [3.8, 4) is 0 Å². The van der Waals surface area contributed by atoms with Crippen molar-refractivity contribution in [1.82, 2.24) is 14.9 Å². The molecule has 1 N–H and O–H groups in total. The van der Waals surface area contributed by atoms with Gasteiger partial charge in [-0.2, -0.15) is 0 Å². The van der Waals surface area contributed by atoms with Crippen molar-refractivity contribution in [3.05, 3.63) is 54.2 Å². The van der Waals surface area contributed by atoms with E-state index in [2.05, 4.69) is 23.8 Å². The third-order valence-corrected chi connectivity index (χ3v) is 4.56. The number of aromatic nitrogens is 2. The number of hydrogen-bond acceptors (Lipinski definition) is 5. The van der Waals surface area contributed by atoms with Crippen LogP contribution in [0, 0.1) is 6.92 Å². The zero-order valence-electron chi connectivity index (χ0n) is 18.9. The Hall–Kier alpha value is -2.70. The number of amides is 1. The highest BCUT2D eigenvalue weighted by molar-refractivity contribution is 5.75. The molecule has 2 heterocycles. The van der Waals surface area contributed by atoms with Gasteiger partial charge < -0.3 is 24.1 Å². The number of ether oxygens (including phenoxy) is 3. The smallest absolute Gasteiger partial charge is 0.222 e. The second-order valence-electron chi connectivity index (χ2n) is 7.01. The van der Waals surface area contributed by atoms with Crippen molar-refractivity contribution in [2.45, 2.75) is 59.3 Å². The molecule has 0 saturated carbocycles. The van der Waals surface area contributed by atoms with E-state index in [0.29, 0.717) is 31.2 Å². The van der Waals surface area contributed by atoms with Gasteiger partial charge in [-0.25, -0.2) is 4.98 Å². The highest BCUT2D eigenvalue weighted by Crippen LogP contribution is 2.16. The molecule has 1 aliphatic heterocycles. The van der Waals surface area contributed by atoms with E-state index in [0.717, 1.165) is 24.4 Å². The summed E-state index contributed by atoms with van der Waals surface area (Å²) in [6.07, 6.45) is 13.2. The Morgan fingerprint density at radius 3 is 2.57 bits per heavy atom. The maximum atomic E-state index is 11.7. The number of rotatable bonds is 11. The standard InChI is InChI=1S/C18H29NO4.C5H8N2/c1-4-6-7-8-9-10-18(20)19-14-23-16(5-2)13-17-15(3)21-11-12-22-17;1-5-6-3-4-7(5)2/h5,13H,2,4,6-12,14H2,1,3H3,(H,19,20);3-4H,1-2H3/b16-13+;. The van der Waals surface area contributed by atoms with Gasteiger partial charge in [0.2, 0.25) is 5.91 Å². The maximum Gasteiger partial charge on any atom is 0.222 e. The Labute approximate surface area is 180 Å². The zero-order valence-corrected chi connectivity index (χ0v) is 18.9. The summed E-state index contributed by atoms with van der Waals surface area (Å²) in [5.41, 5.74) is 0. The fourth-order valence-electron chi connectivity index (χ4n) is 2.57. The lowest BCUT2D eigenvalue weighted by Gasteiger charge is -2.18. The number of nitrogens with zero attached hydrogens (tertiary/aromatic N) is 2. The second-order valence-corrected chi connectivity index (χ2v) is 7.01. The molecule has 0 aromatic carbocycles. The van der Waals surface area contributed by atoms with Crippen molar-refractivity contribution < 1.29 is 19.0 Å². The quantitative estimate of drug-likeness (QED) is 0.247. The lowest BCUT2D eigenvalue weighted by Crippen LogP contribution is -2.25. The van der Waals surface area contributed by atoms with Gasteiger partial charge in [0.25, 0.3) is 0 Å². The lowest BCUT2D eigenvalue weighted by atomic mass is 10.1. The normalized spacial score (nSPS) is 13.5. The van der Waals surface area contributed by atoms with E-state index in [1.54, 1.807) is 18.3 Å². The van der Waals surface area contributed by atoms with Crippen LogP contribution in [-0.2, 0) is 26.1 Å².